The lowest BCUT2D eigenvalue weighted by Crippen LogP contribution is -2.30. The third-order valence-electron chi connectivity index (χ3n) is 5.15. The van der Waals surface area contributed by atoms with Gasteiger partial charge in [0.15, 0.2) is 0 Å². The maximum Gasteiger partial charge on any atom is 0.0806 e. The average Bonchev–Trinajstić information content (AvgIpc) is 2.73. The molecule has 0 aliphatic rings. The second-order valence-electron chi connectivity index (χ2n) is 7.36. The summed E-state index contributed by atoms with van der Waals surface area (Å²) in [5.74, 6) is 0. The van der Waals surface area contributed by atoms with E-state index in [1.54, 1.807) is 35.5 Å². The zero-order valence-electron chi connectivity index (χ0n) is 19.7. The predicted octanol–water partition coefficient (Wildman–Crippen LogP) is 5.59. The molecule has 0 aliphatic heterocycles. The Kier molecular flexibility index (Phi) is 15.6. The lowest BCUT2D eigenvalue weighted by Gasteiger charge is -2.27. The molecule has 0 spiro atoms. The Hall–Kier alpha value is -1.40. The van der Waals surface area contributed by atoms with Crippen molar-refractivity contribution < 1.29 is 18.9 Å². The van der Waals surface area contributed by atoms with Gasteiger partial charge >= 0.3 is 0 Å². The molecule has 0 radical (unpaired) electrons. The lowest BCUT2D eigenvalue weighted by atomic mass is 9.96. The van der Waals surface area contributed by atoms with Gasteiger partial charge in [-0.3, -0.25) is 0 Å². The summed E-state index contributed by atoms with van der Waals surface area (Å²) in [5.41, 5.74) is 3.32. The number of rotatable bonds is 16. The van der Waals surface area contributed by atoms with E-state index in [1.807, 2.05) is 19.1 Å². The van der Waals surface area contributed by atoms with Crippen LogP contribution < -0.4 is 0 Å². The molecule has 5 nitrogen and oxygen atoms in total. The van der Waals surface area contributed by atoms with Crippen molar-refractivity contribution in [3.05, 3.63) is 53.0 Å². The van der Waals surface area contributed by atoms with E-state index in [4.69, 9.17) is 18.9 Å². The van der Waals surface area contributed by atoms with Crippen molar-refractivity contribution in [3.63, 3.8) is 0 Å². The van der Waals surface area contributed by atoms with E-state index < -0.39 is 0 Å². The summed E-state index contributed by atoms with van der Waals surface area (Å²) in [6.07, 6.45) is 11.4. The van der Waals surface area contributed by atoms with E-state index in [1.165, 1.54) is 0 Å². The van der Waals surface area contributed by atoms with Crippen molar-refractivity contribution in [2.24, 2.45) is 0 Å². The average molecular weight is 409 g/mol. The fraction of sp³-hybridized carbons (Fsp3) is 0.667. The first-order chi connectivity index (χ1) is 13.8. The highest BCUT2D eigenvalue weighted by Gasteiger charge is 2.23. The molecular weight excluding hydrogens is 366 g/mol. The van der Waals surface area contributed by atoms with Crippen molar-refractivity contribution in [2.45, 2.75) is 70.9 Å². The third-order valence-corrected chi connectivity index (χ3v) is 5.15. The first-order valence-electron chi connectivity index (χ1n) is 10.2. The van der Waals surface area contributed by atoms with Gasteiger partial charge in [0.1, 0.15) is 0 Å². The van der Waals surface area contributed by atoms with Crippen LogP contribution in [0.25, 0.3) is 5.32 Å². The molecule has 0 bridgehead atoms. The highest BCUT2D eigenvalue weighted by atomic mass is 16.5. The van der Waals surface area contributed by atoms with Gasteiger partial charge in [0.2, 0.25) is 0 Å². The van der Waals surface area contributed by atoms with Gasteiger partial charge in [-0.25, -0.2) is 0 Å². The normalized spacial score (nSPS) is 17.6. The monoisotopic (exact) mass is 408 g/mol. The van der Waals surface area contributed by atoms with Gasteiger partial charge < -0.3 is 24.3 Å². The number of nitrogens with zero attached hydrogens (tertiary/aromatic N) is 1. The third kappa shape index (κ3) is 12.0. The van der Waals surface area contributed by atoms with Gasteiger partial charge in [0, 0.05) is 41.3 Å². The maximum atomic E-state index is 5.76. The minimum absolute atomic E-state index is 0.0202. The van der Waals surface area contributed by atoms with Gasteiger partial charge in [-0.2, -0.15) is 5.70 Å². The molecule has 0 saturated heterocycles. The molecule has 0 rings (SSSR count). The zero-order chi connectivity index (χ0) is 22.2. The molecule has 0 aromatic heterocycles. The standard InChI is InChI=1S/C24H42NO4/c1-10-11-21(26-6)15-22(27-7)16-23(28-8)17-24(29-9)19(3)14-18(2)12-13-20(4)25-5/h10,12-14,21-24H,1,11,15-17H2,2-9H3/q-1/b18-12+,19-14+,20-13-/t21-,22-,23-,24-/m0/s1. The Morgan fingerprint density at radius 1 is 0.828 bits per heavy atom. The summed E-state index contributed by atoms with van der Waals surface area (Å²) in [4.78, 5) is 0. The smallest absolute Gasteiger partial charge is 0.0806 e. The van der Waals surface area contributed by atoms with Crippen molar-refractivity contribution >= 4 is 0 Å². The maximum absolute atomic E-state index is 5.76. The molecule has 0 unspecified atom stereocenters. The van der Waals surface area contributed by atoms with Crippen LogP contribution in [-0.2, 0) is 18.9 Å². The van der Waals surface area contributed by atoms with Gasteiger partial charge in [0.25, 0.3) is 0 Å². The Morgan fingerprint density at radius 3 is 1.86 bits per heavy atom. The molecule has 168 valence electrons. The Labute approximate surface area is 178 Å². The molecule has 0 heterocycles. The fourth-order valence-electron chi connectivity index (χ4n) is 3.17. The zero-order valence-corrected chi connectivity index (χ0v) is 19.7. The van der Waals surface area contributed by atoms with E-state index in [0.29, 0.717) is 0 Å². The van der Waals surface area contributed by atoms with Crippen LogP contribution in [-0.4, -0.2) is 59.9 Å². The quantitative estimate of drug-likeness (QED) is 0.247. The summed E-state index contributed by atoms with van der Waals surface area (Å²) >= 11 is 0. The minimum Gasteiger partial charge on any atom is -0.691 e. The van der Waals surface area contributed by atoms with Crippen LogP contribution in [0.5, 0.6) is 0 Å². The second-order valence-corrected chi connectivity index (χ2v) is 7.36. The van der Waals surface area contributed by atoms with E-state index in [2.05, 4.69) is 37.9 Å². The van der Waals surface area contributed by atoms with Crippen molar-refractivity contribution in [2.75, 3.05) is 35.5 Å². The van der Waals surface area contributed by atoms with Gasteiger partial charge in [-0.15, -0.1) is 13.6 Å². The highest BCUT2D eigenvalue weighted by molar-refractivity contribution is 5.29. The van der Waals surface area contributed by atoms with Crippen molar-refractivity contribution in [1.29, 1.82) is 0 Å². The Morgan fingerprint density at radius 2 is 1.38 bits per heavy atom. The van der Waals surface area contributed by atoms with E-state index >= 15 is 0 Å². The van der Waals surface area contributed by atoms with E-state index in [9.17, 15) is 0 Å². The molecule has 29 heavy (non-hydrogen) atoms. The summed E-state index contributed by atoms with van der Waals surface area (Å²) in [6, 6.07) is 0. The molecule has 5 heteroatoms. The van der Waals surface area contributed by atoms with E-state index in [0.717, 1.165) is 42.5 Å². The number of hydrogen-bond acceptors (Lipinski definition) is 4. The largest absolute Gasteiger partial charge is 0.691 e. The Bertz CT molecular complexity index is 539. The predicted molar refractivity (Wildman–Crippen MR) is 122 cm³/mol. The van der Waals surface area contributed by atoms with Gasteiger partial charge in [-0.05, 0) is 32.3 Å². The second kappa shape index (κ2) is 16.4. The summed E-state index contributed by atoms with van der Waals surface area (Å²) in [7, 11) is 8.75. The fourth-order valence-corrected chi connectivity index (χ4v) is 3.17. The molecule has 0 aromatic rings. The molecule has 0 aliphatic carbocycles. The number of methoxy groups -OCH3 is 4. The van der Waals surface area contributed by atoms with Gasteiger partial charge in [0.05, 0.1) is 24.4 Å². The van der Waals surface area contributed by atoms with Crippen LogP contribution >= 0.6 is 0 Å². The van der Waals surface area contributed by atoms with Crippen LogP contribution in [0.2, 0.25) is 0 Å². The summed E-state index contributed by atoms with van der Waals surface area (Å²) in [5, 5.41) is 4.14. The molecule has 0 amide bonds. The van der Waals surface area contributed by atoms with E-state index in [-0.39, 0.29) is 24.4 Å². The highest BCUT2D eigenvalue weighted by Crippen LogP contribution is 2.22. The molecular formula is C24H42NO4-. The SMILES string of the molecule is C=CC[C@@H](C[C@@H](C[C@@H](C[C@H](OC)/C(C)=C/C(C)=C/C=C(/C)[N-]C)OC)OC)OC. The Balaban J connectivity index is 5.07. The summed E-state index contributed by atoms with van der Waals surface area (Å²) < 4.78 is 22.7. The van der Waals surface area contributed by atoms with Crippen LogP contribution in [0, 0.1) is 0 Å². The van der Waals surface area contributed by atoms with Crippen molar-refractivity contribution in [3.8, 4) is 0 Å². The number of allylic oxidation sites excluding steroid dienone is 5. The number of hydrogen-bond donors (Lipinski definition) is 0. The van der Waals surface area contributed by atoms with Crippen LogP contribution in [0.1, 0.15) is 46.5 Å². The first-order valence-corrected chi connectivity index (χ1v) is 10.2. The topological polar surface area (TPSA) is 51.0 Å². The molecule has 4 atom stereocenters. The summed E-state index contributed by atoms with van der Waals surface area (Å²) in [6.45, 7) is 9.95. The van der Waals surface area contributed by atoms with Crippen LogP contribution in [0.15, 0.2) is 47.7 Å². The lowest BCUT2D eigenvalue weighted by molar-refractivity contribution is -0.0263. The van der Waals surface area contributed by atoms with Crippen LogP contribution in [0.4, 0.5) is 0 Å². The molecule has 0 saturated carbocycles. The number of ether oxygens (including phenoxy) is 4. The molecule has 0 fully saturated rings. The first kappa shape index (κ1) is 27.6. The molecule has 0 N–H and O–H groups in total. The van der Waals surface area contributed by atoms with Crippen LogP contribution in [0.3, 0.4) is 0 Å². The minimum atomic E-state index is -0.0202. The van der Waals surface area contributed by atoms with Crippen molar-refractivity contribution in [1.82, 2.24) is 0 Å². The van der Waals surface area contributed by atoms with Gasteiger partial charge in [-0.1, -0.05) is 36.8 Å². The molecule has 0 aromatic carbocycles.